The third-order valence-corrected chi connectivity index (χ3v) is 3.50. The van der Waals surface area contributed by atoms with E-state index in [1.807, 2.05) is 6.20 Å². The second-order valence-corrected chi connectivity index (χ2v) is 5.78. The number of hydrogen-bond acceptors (Lipinski definition) is 1. The summed E-state index contributed by atoms with van der Waals surface area (Å²) in [7, 11) is 0. The van der Waals surface area contributed by atoms with Crippen molar-refractivity contribution in [2.24, 2.45) is 0 Å². The van der Waals surface area contributed by atoms with Crippen molar-refractivity contribution in [1.82, 2.24) is 4.98 Å². The Kier molecular flexibility index (Phi) is 2.12. The highest BCUT2D eigenvalue weighted by molar-refractivity contribution is 5.88. The van der Waals surface area contributed by atoms with Gasteiger partial charge in [-0.25, -0.2) is 0 Å². The first-order chi connectivity index (χ1) is 8.05. The molecule has 1 aliphatic rings. The minimum atomic E-state index is 0.163. The van der Waals surface area contributed by atoms with Gasteiger partial charge in [0.2, 0.25) is 0 Å². The van der Waals surface area contributed by atoms with Crippen molar-refractivity contribution in [3.05, 3.63) is 47.2 Å². The highest BCUT2D eigenvalue weighted by atomic mass is 14.7. The Hall–Kier alpha value is -1.63. The van der Waals surface area contributed by atoms with Crippen LogP contribution < -0.4 is 0 Å². The van der Waals surface area contributed by atoms with Crippen LogP contribution in [0.3, 0.4) is 0 Å². The summed E-state index contributed by atoms with van der Waals surface area (Å²) in [4.78, 5) is 4.60. The van der Waals surface area contributed by atoms with Crippen molar-refractivity contribution in [1.29, 1.82) is 0 Å². The Morgan fingerprint density at radius 2 is 2.00 bits per heavy atom. The summed E-state index contributed by atoms with van der Waals surface area (Å²) in [5.74, 6) is 0. The molecular weight excluding hydrogens is 206 g/mol. The van der Waals surface area contributed by atoms with Crippen LogP contribution in [0.15, 0.2) is 30.5 Å². The lowest BCUT2D eigenvalue weighted by Gasteiger charge is -2.19. The van der Waals surface area contributed by atoms with Gasteiger partial charge in [-0.1, -0.05) is 39.0 Å². The van der Waals surface area contributed by atoms with Gasteiger partial charge in [0, 0.05) is 11.6 Å². The van der Waals surface area contributed by atoms with Crippen molar-refractivity contribution >= 4 is 17.0 Å². The molecule has 0 bridgehead atoms. The highest BCUT2D eigenvalue weighted by Gasteiger charge is 2.16. The number of hydrogen-bond donors (Lipinski definition) is 0. The van der Waals surface area contributed by atoms with Crippen molar-refractivity contribution in [2.45, 2.75) is 32.6 Å². The zero-order chi connectivity index (χ0) is 12.0. The van der Waals surface area contributed by atoms with Gasteiger partial charge in [-0.2, -0.15) is 0 Å². The molecule has 0 N–H and O–H groups in total. The summed E-state index contributed by atoms with van der Waals surface area (Å²) in [6.45, 7) is 6.70. The molecule has 0 fully saturated rings. The maximum absolute atomic E-state index is 4.60. The van der Waals surface area contributed by atoms with Gasteiger partial charge < -0.3 is 0 Å². The third kappa shape index (κ3) is 1.66. The monoisotopic (exact) mass is 223 g/mol. The van der Waals surface area contributed by atoms with E-state index in [9.17, 15) is 0 Å². The van der Waals surface area contributed by atoms with Crippen LogP contribution in [0.1, 0.15) is 37.5 Å². The van der Waals surface area contributed by atoms with E-state index in [0.29, 0.717) is 0 Å². The second kappa shape index (κ2) is 3.43. The Labute approximate surface area is 102 Å². The predicted octanol–water partition coefficient (Wildman–Crippen LogP) is 4.10. The maximum atomic E-state index is 4.60. The highest BCUT2D eigenvalue weighted by Crippen LogP contribution is 2.30. The lowest BCUT2D eigenvalue weighted by molar-refractivity contribution is 0.588. The molecule has 1 aromatic carbocycles. The number of allylic oxidation sites excluding steroid dienone is 1. The molecule has 3 rings (SSSR count). The van der Waals surface area contributed by atoms with E-state index in [1.165, 1.54) is 22.1 Å². The van der Waals surface area contributed by atoms with E-state index in [1.54, 1.807) is 0 Å². The van der Waals surface area contributed by atoms with Gasteiger partial charge in [0.05, 0.1) is 5.52 Å². The van der Waals surface area contributed by atoms with Gasteiger partial charge in [0.15, 0.2) is 0 Å². The van der Waals surface area contributed by atoms with Crippen molar-refractivity contribution in [3.8, 4) is 0 Å². The lowest BCUT2D eigenvalue weighted by Crippen LogP contribution is -2.11. The van der Waals surface area contributed by atoms with Crippen LogP contribution in [0.2, 0.25) is 0 Å². The van der Waals surface area contributed by atoms with Gasteiger partial charge in [0.25, 0.3) is 0 Å². The van der Waals surface area contributed by atoms with Gasteiger partial charge in [-0.05, 0) is 40.7 Å². The van der Waals surface area contributed by atoms with Crippen LogP contribution in [0.4, 0.5) is 0 Å². The first kappa shape index (κ1) is 10.5. The number of nitrogens with zero attached hydrogens (tertiary/aromatic N) is 1. The quantitative estimate of drug-likeness (QED) is 0.655. The molecule has 0 spiro atoms. The Balaban J connectivity index is 2.29. The topological polar surface area (TPSA) is 12.9 Å². The normalized spacial score (nSPS) is 14.3. The molecule has 0 atom stereocenters. The minimum absolute atomic E-state index is 0.163. The maximum Gasteiger partial charge on any atom is 0.0705 e. The number of fused-ring (bicyclic) bond motifs is 3. The van der Waals surface area contributed by atoms with Gasteiger partial charge in [0.1, 0.15) is 0 Å². The molecule has 17 heavy (non-hydrogen) atoms. The van der Waals surface area contributed by atoms with Crippen LogP contribution in [0.25, 0.3) is 17.0 Å². The summed E-state index contributed by atoms with van der Waals surface area (Å²) >= 11 is 0. The van der Waals surface area contributed by atoms with Crippen LogP contribution in [-0.4, -0.2) is 4.98 Å². The molecular formula is C16H17N. The molecule has 0 unspecified atom stereocenters. The smallest absolute Gasteiger partial charge is 0.0705 e. The van der Waals surface area contributed by atoms with Crippen LogP contribution in [-0.2, 0) is 11.8 Å². The van der Waals surface area contributed by atoms with E-state index >= 15 is 0 Å². The molecule has 2 aromatic rings. The molecule has 0 aliphatic heterocycles. The van der Waals surface area contributed by atoms with Crippen LogP contribution in [0, 0.1) is 0 Å². The van der Waals surface area contributed by atoms with Gasteiger partial charge in [-0.3, -0.25) is 4.98 Å². The summed E-state index contributed by atoms with van der Waals surface area (Å²) in [6.07, 6.45) is 7.49. The summed E-state index contributed by atoms with van der Waals surface area (Å²) in [5, 5.41) is 1.32. The number of pyridine rings is 1. The van der Waals surface area contributed by atoms with E-state index in [2.05, 4.69) is 56.1 Å². The third-order valence-electron chi connectivity index (χ3n) is 3.50. The molecule has 1 aliphatic carbocycles. The molecule has 1 heterocycles. The molecule has 0 amide bonds. The van der Waals surface area contributed by atoms with E-state index in [0.717, 1.165) is 11.9 Å². The fourth-order valence-corrected chi connectivity index (χ4v) is 2.37. The van der Waals surface area contributed by atoms with Crippen molar-refractivity contribution in [3.63, 3.8) is 0 Å². The average Bonchev–Trinajstić information content (AvgIpc) is 2.75. The van der Waals surface area contributed by atoms with Crippen molar-refractivity contribution in [2.75, 3.05) is 0 Å². The van der Waals surface area contributed by atoms with Crippen molar-refractivity contribution < 1.29 is 0 Å². The fourth-order valence-electron chi connectivity index (χ4n) is 2.37. The second-order valence-electron chi connectivity index (χ2n) is 5.78. The number of aromatic nitrogens is 1. The van der Waals surface area contributed by atoms with E-state index in [-0.39, 0.29) is 5.41 Å². The first-order valence-corrected chi connectivity index (χ1v) is 6.14. The summed E-state index contributed by atoms with van der Waals surface area (Å²) in [6, 6.07) is 6.61. The standard InChI is InChI=1S/C16H17N/c1-16(2,3)12-9-14-13-6-4-5-11(13)7-8-15(14)17-10-12/h4-5,7-10H,6H2,1-3H3. The molecule has 86 valence electrons. The first-order valence-electron chi connectivity index (χ1n) is 6.14. The Bertz CT molecular complexity index is 615. The molecule has 1 aromatic heterocycles. The zero-order valence-corrected chi connectivity index (χ0v) is 10.6. The molecule has 1 heteroatoms. The van der Waals surface area contributed by atoms with Gasteiger partial charge in [-0.15, -0.1) is 0 Å². The van der Waals surface area contributed by atoms with Crippen LogP contribution in [0.5, 0.6) is 0 Å². The molecule has 0 saturated heterocycles. The van der Waals surface area contributed by atoms with E-state index < -0.39 is 0 Å². The van der Waals surface area contributed by atoms with Crippen LogP contribution >= 0.6 is 0 Å². The Morgan fingerprint density at radius 3 is 2.76 bits per heavy atom. The van der Waals surface area contributed by atoms with Gasteiger partial charge >= 0.3 is 0 Å². The fraction of sp³-hybridized carbons (Fsp3) is 0.312. The lowest BCUT2D eigenvalue weighted by atomic mass is 9.87. The molecule has 1 nitrogen and oxygen atoms in total. The largest absolute Gasteiger partial charge is 0.256 e. The predicted molar refractivity (Wildman–Crippen MR) is 73.2 cm³/mol. The number of rotatable bonds is 0. The van der Waals surface area contributed by atoms with E-state index in [4.69, 9.17) is 0 Å². The SMILES string of the molecule is CC(C)(C)c1cnc2ccc3c(c2c1)CC=C3. The molecule has 0 saturated carbocycles. The zero-order valence-electron chi connectivity index (χ0n) is 10.6. The number of benzene rings is 1. The summed E-state index contributed by atoms with van der Waals surface area (Å²) in [5.41, 5.74) is 5.37. The average molecular weight is 223 g/mol. The Morgan fingerprint density at radius 1 is 1.18 bits per heavy atom. The summed E-state index contributed by atoms with van der Waals surface area (Å²) < 4.78 is 0. The molecule has 0 radical (unpaired) electrons. The minimum Gasteiger partial charge on any atom is -0.256 e.